The van der Waals surface area contributed by atoms with Gasteiger partial charge in [0, 0.05) is 13.1 Å². The van der Waals surface area contributed by atoms with Crippen molar-refractivity contribution in [2.24, 2.45) is 0 Å². The Hall–Kier alpha value is -1.93. The molecule has 8 heteroatoms. The minimum Gasteiger partial charge on any atom is -0.354 e. The van der Waals surface area contributed by atoms with Gasteiger partial charge in [-0.05, 0) is 39.2 Å². The van der Waals surface area contributed by atoms with E-state index in [1.54, 1.807) is 0 Å². The summed E-state index contributed by atoms with van der Waals surface area (Å²) in [5.74, 6) is -0.760. The van der Waals surface area contributed by atoms with Gasteiger partial charge in [-0.25, -0.2) is 0 Å². The van der Waals surface area contributed by atoms with E-state index in [1.807, 2.05) is 14.1 Å². The molecular weight excluding hydrogens is 330 g/mol. The first kappa shape index (κ1) is 18.4. The Labute approximate surface area is 144 Å². The van der Waals surface area contributed by atoms with E-state index in [0.717, 1.165) is 31.6 Å². The Morgan fingerprint density at radius 1 is 1.29 bits per heavy atom. The Balaban J connectivity index is 1.99. The van der Waals surface area contributed by atoms with Crippen LogP contribution in [0.15, 0.2) is 15.5 Å². The summed E-state index contributed by atoms with van der Waals surface area (Å²) in [7, 11) is 5.50. The number of hydrogen-bond acceptors (Lipinski definition) is 7. The molecule has 0 spiro atoms. The van der Waals surface area contributed by atoms with Crippen molar-refractivity contribution in [1.82, 2.24) is 15.4 Å². The number of Topliss-reactive ketones (excluding diaryl/α,β-unsaturated/α-hetero) is 1. The summed E-state index contributed by atoms with van der Waals surface area (Å²) in [6.07, 6.45) is 4.38. The average Bonchev–Trinajstić information content (AvgIpc) is 2.99. The lowest BCUT2D eigenvalue weighted by molar-refractivity contribution is 0.0944. The van der Waals surface area contributed by atoms with Gasteiger partial charge in [-0.3, -0.25) is 14.4 Å². The van der Waals surface area contributed by atoms with Crippen molar-refractivity contribution in [2.45, 2.75) is 19.3 Å². The van der Waals surface area contributed by atoms with Crippen LogP contribution in [-0.4, -0.2) is 61.0 Å². The van der Waals surface area contributed by atoms with Crippen LogP contribution in [0, 0.1) is 0 Å². The molecule has 1 aliphatic rings. The summed E-state index contributed by atoms with van der Waals surface area (Å²) < 4.78 is 4.88. The number of nitrogens with zero attached hydrogens (tertiary/aromatic N) is 2. The summed E-state index contributed by atoms with van der Waals surface area (Å²) in [6, 6.07) is 0. The van der Waals surface area contributed by atoms with Crippen molar-refractivity contribution in [2.75, 3.05) is 33.4 Å². The number of aromatic nitrogens is 1. The third-order valence-corrected chi connectivity index (χ3v) is 4.69. The van der Waals surface area contributed by atoms with Crippen LogP contribution in [0.3, 0.4) is 0 Å². The molecule has 1 aliphatic carbocycles. The first-order chi connectivity index (χ1) is 11.5. The van der Waals surface area contributed by atoms with Gasteiger partial charge in [-0.1, -0.05) is 11.6 Å². The van der Waals surface area contributed by atoms with Gasteiger partial charge in [0.25, 0.3) is 5.91 Å². The van der Waals surface area contributed by atoms with E-state index in [1.165, 1.54) is 24.9 Å². The minimum absolute atomic E-state index is 0.0306. The lowest BCUT2D eigenvalue weighted by Gasteiger charge is -2.11. The molecule has 2 rings (SSSR count). The molecule has 24 heavy (non-hydrogen) atoms. The van der Waals surface area contributed by atoms with Gasteiger partial charge in [0.05, 0.1) is 4.91 Å². The van der Waals surface area contributed by atoms with Crippen molar-refractivity contribution >= 4 is 29.2 Å². The third-order valence-electron chi connectivity index (χ3n) is 3.58. The number of hydrogen-bond donors (Lipinski definition) is 1. The van der Waals surface area contributed by atoms with Crippen LogP contribution < -0.4 is 5.32 Å². The van der Waals surface area contributed by atoms with Crippen LogP contribution in [0.2, 0.25) is 0 Å². The number of fused-ring (bicyclic) bond motifs is 1. The highest BCUT2D eigenvalue weighted by Crippen LogP contribution is 2.31. The number of carbonyl (C=O) groups excluding carboxylic acids is 3. The van der Waals surface area contributed by atoms with Crippen LogP contribution in [0.25, 0.3) is 0 Å². The van der Waals surface area contributed by atoms with Crippen LogP contribution in [0.5, 0.6) is 0 Å². The van der Waals surface area contributed by atoms with E-state index in [2.05, 4.69) is 15.4 Å². The highest BCUT2D eigenvalue weighted by atomic mass is 32.2. The van der Waals surface area contributed by atoms with E-state index in [0.29, 0.717) is 4.91 Å². The molecule has 7 nitrogen and oxygen atoms in total. The van der Waals surface area contributed by atoms with Gasteiger partial charge in [0.1, 0.15) is 5.56 Å². The van der Waals surface area contributed by atoms with Crippen LogP contribution >= 0.6 is 11.8 Å². The number of unbranched alkanes of at least 4 members (excludes halogenated alkanes) is 2. The Bertz CT molecular complexity index is 679. The second kappa shape index (κ2) is 8.25. The number of carbonyl (C=O) groups is 3. The third kappa shape index (κ3) is 4.12. The van der Waals surface area contributed by atoms with Gasteiger partial charge in [0.15, 0.2) is 5.69 Å². The van der Waals surface area contributed by atoms with Crippen LogP contribution in [-0.2, 0) is 0 Å². The number of rotatable bonds is 8. The molecule has 1 heterocycles. The number of ketones is 2. The van der Waals surface area contributed by atoms with Crippen molar-refractivity contribution in [3.63, 3.8) is 0 Å². The zero-order valence-corrected chi connectivity index (χ0v) is 14.9. The predicted molar refractivity (Wildman–Crippen MR) is 91.5 cm³/mol. The SMILES string of the molecule is CNC(=O)c1noc2c1C(=O)C(SCCCCCN(C)C)=CC2=O. The first-order valence-corrected chi connectivity index (χ1v) is 8.74. The molecule has 0 radical (unpaired) electrons. The molecule has 1 aromatic heterocycles. The summed E-state index contributed by atoms with van der Waals surface area (Å²) in [4.78, 5) is 38.8. The molecule has 1 amide bonds. The minimum atomic E-state index is -0.545. The molecule has 0 bridgehead atoms. The van der Waals surface area contributed by atoms with E-state index in [9.17, 15) is 14.4 Å². The Morgan fingerprint density at radius 2 is 2.04 bits per heavy atom. The summed E-state index contributed by atoms with van der Waals surface area (Å²) in [6.45, 7) is 1.03. The number of nitrogens with one attached hydrogen (secondary N) is 1. The zero-order valence-electron chi connectivity index (χ0n) is 14.0. The highest BCUT2D eigenvalue weighted by Gasteiger charge is 2.35. The molecule has 1 N–H and O–H groups in total. The Morgan fingerprint density at radius 3 is 2.71 bits per heavy atom. The number of amides is 1. The quantitative estimate of drug-likeness (QED) is 0.713. The maximum Gasteiger partial charge on any atom is 0.274 e. The Kier molecular flexibility index (Phi) is 6.33. The van der Waals surface area contributed by atoms with Gasteiger partial charge >= 0.3 is 0 Å². The van der Waals surface area contributed by atoms with Crippen LogP contribution in [0.1, 0.15) is 50.7 Å². The molecule has 0 saturated carbocycles. The maximum absolute atomic E-state index is 12.5. The molecule has 0 aromatic carbocycles. The van der Waals surface area contributed by atoms with Gasteiger partial charge in [-0.15, -0.1) is 11.8 Å². The van der Waals surface area contributed by atoms with E-state index in [4.69, 9.17) is 4.52 Å². The van der Waals surface area contributed by atoms with E-state index in [-0.39, 0.29) is 22.8 Å². The summed E-state index contributed by atoms with van der Waals surface area (Å²) >= 11 is 1.34. The van der Waals surface area contributed by atoms with E-state index >= 15 is 0 Å². The standard InChI is InChI=1S/C16H21N3O4S/c1-17-16(22)13-12-14(21)11(9-10(20)15(12)23-18-13)24-8-6-4-5-7-19(2)3/h9H,4-8H2,1-3H3,(H,17,22). The van der Waals surface area contributed by atoms with Crippen molar-refractivity contribution in [3.05, 3.63) is 28.0 Å². The predicted octanol–water partition coefficient (Wildman–Crippen LogP) is 1.76. The van der Waals surface area contributed by atoms with E-state index < -0.39 is 11.7 Å². The largest absolute Gasteiger partial charge is 0.354 e. The molecule has 130 valence electrons. The number of allylic oxidation sites excluding steroid dienone is 2. The van der Waals surface area contributed by atoms with Crippen molar-refractivity contribution in [3.8, 4) is 0 Å². The molecule has 0 saturated heterocycles. The number of thioether (sulfide) groups is 1. The van der Waals surface area contributed by atoms with Crippen molar-refractivity contribution in [1.29, 1.82) is 0 Å². The lowest BCUT2D eigenvalue weighted by atomic mass is 10.00. The van der Waals surface area contributed by atoms with Gasteiger partial charge in [0.2, 0.25) is 17.3 Å². The fraction of sp³-hybridized carbons (Fsp3) is 0.500. The molecule has 0 fully saturated rings. The zero-order chi connectivity index (χ0) is 17.7. The molecule has 0 atom stereocenters. The second-order valence-electron chi connectivity index (χ2n) is 5.73. The topological polar surface area (TPSA) is 92.5 Å². The summed E-state index contributed by atoms with van der Waals surface area (Å²) in [5.41, 5.74) is -0.167. The molecule has 1 aromatic rings. The van der Waals surface area contributed by atoms with Gasteiger partial charge < -0.3 is 14.7 Å². The van der Waals surface area contributed by atoms with Gasteiger partial charge in [-0.2, -0.15) is 0 Å². The fourth-order valence-corrected chi connectivity index (χ4v) is 3.30. The lowest BCUT2D eigenvalue weighted by Crippen LogP contribution is -2.23. The second-order valence-corrected chi connectivity index (χ2v) is 6.87. The average molecular weight is 351 g/mol. The smallest absolute Gasteiger partial charge is 0.274 e. The maximum atomic E-state index is 12.5. The summed E-state index contributed by atoms with van der Waals surface area (Å²) in [5, 5.41) is 5.95. The molecular formula is C16H21N3O4S. The van der Waals surface area contributed by atoms with Crippen molar-refractivity contribution < 1.29 is 18.9 Å². The normalized spacial score (nSPS) is 13.9. The van der Waals surface area contributed by atoms with Crippen LogP contribution in [0.4, 0.5) is 0 Å². The monoisotopic (exact) mass is 351 g/mol. The molecule has 0 aliphatic heterocycles. The highest BCUT2D eigenvalue weighted by molar-refractivity contribution is 8.04. The first-order valence-electron chi connectivity index (χ1n) is 7.75. The fourth-order valence-electron chi connectivity index (χ4n) is 2.31. The molecule has 0 unspecified atom stereocenters.